The standard InChI is InChI=1S/C15H16N2O/c16-10-13-1-2-14-3-6-17(15(14)9-13)11-12-4-7-18-8-5-12/h1-3,6,9,12H,4-5,7-8,11H2. The number of rotatable bonds is 2. The van der Waals surface area contributed by atoms with E-state index in [4.69, 9.17) is 10.00 Å². The second kappa shape index (κ2) is 4.83. The van der Waals surface area contributed by atoms with Gasteiger partial charge >= 0.3 is 0 Å². The Balaban J connectivity index is 1.89. The van der Waals surface area contributed by atoms with Crippen molar-refractivity contribution in [2.75, 3.05) is 13.2 Å². The molecule has 0 bridgehead atoms. The molecule has 0 spiro atoms. The SMILES string of the molecule is N#Cc1ccc2ccn(CC3CCOCC3)c2c1. The minimum absolute atomic E-state index is 0.695. The molecule has 0 amide bonds. The normalized spacial score (nSPS) is 16.8. The summed E-state index contributed by atoms with van der Waals surface area (Å²) in [5, 5.41) is 10.2. The predicted octanol–water partition coefficient (Wildman–Crippen LogP) is 2.94. The quantitative estimate of drug-likeness (QED) is 0.809. The molecule has 1 aliphatic heterocycles. The first-order valence-electron chi connectivity index (χ1n) is 6.43. The van der Waals surface area contributed by atoms with Crippen LogP contribution in [0.1, 0.15) is 18.4 Å². The Morgan fingerprint density at radius 3 is 2.89 bits per heavy atom. The summed E-state index contributed by atoms with van der Waals surface area (Å²) in [5.41, 5.74) is 1.90. The zero-order chi connectivity index (χ0) is 12.4. The summed E-state index contributed by atoms with van der Waals surface area (Å²) in [4.78, 5) is 0. The van der Waals surface area contributed by atoms with Gasteiger partial charge in [-0.15, -0.1) is 0 Å². The van der Waals surface area contributed by atoms with Crippen LogP contribution in [0.5, 0.6) is 0 Å². The highest BCUT2D eigenvalue weighted by molar-refractivity contribution is 5.81. The number of hydrogen-bond acceptors (Lipinski definition) is 2. The van der Waals surface area contributed by atoms with Gasteiger partial charge in [-0.25, -0.2) is 0 Å². The van der Waals surface area contributed by atoms with Crippen LogP contribution in [0.2, 0.25) is 0 Å². The van der Waals surface area contributed by atoms with E-state index in [0.717, 1.165) is 38.2 Å². The van der Waals surface area contributed by atoms with Crippen LogP contribution in [-0.4, -0.2) is 17.8 Å². The fourth-order valence-corrected chi connectivity index (χ4v) is 2.62. The number of aromatic nitrogens is 1. The largest absolute Gasteiger partial charge is 0.381 e. The Hall–Kier alpha value is -1.79. The zero-order valence-corrected chi connectivity index (χ0v) is 10.3. The molecule has 1 aromatic heterocycles. The average Bonchev–Trinajstić information content (AvgIpc) is 2.82. The molecule has 1 fully saturated rings. The minimum Gasteiger partial charge on any atom is -0.381 e. The Labute approximate surface area is 107 Å². The molecule has 0 atom stereocenters. The van der Waals surface area contributed by atoms with Crippen molar-refractivity contribution in [2.24, 2.45) is 5.92 Å². The number of nitrogens with zero attached hydrogens (tertiary/aromatic N) is 2. The maximum atomic E-state index is 8.97. The van der Waals surface area contributed by atoms with Gasteiger partial charge in [-0.2, -0.15) is 5.26 Å². The van der Waals surface area contributed by atoms with Crippen molar-refractivity contribution in [3.05, 3.63) is 36.0 Å². The summed E-state index contributed by atoms with van der Waals surface area (Å²) in [6, 6.07) is 10.2. The van der Waals surface area contributed by atoms with Gasteiger partial charge in [0.05, 0.1) is 11.6 Å². The van der Waals surface area contributed by atoms with Crippen molar-refractivity contribution in [3.8, 4) is 6.07 Å². The van der Waals surface area contributed by atoms with Crippen molar-refractivity contribution in [2.45, 2.75) is 19.4 Å². The Morgan fingerprint density at radius 2 is 2.11 bits per heavy atom. The van der Waals surface area contributed by atoms with E-state index in [1.54, 1.807) is 0 Å². The van der Waals surface area contributed by atoms with Crippen LogP contribution in [-0.2, 0) is 11.3 Å². The highest BCUT2D eigenvalue weighted by atomic mass is 16.5. The van der Waals surface area contributed by atoms with Gasteiger partial charge in [0.25, 0.3) is 0 Å². The fraction of sp³-hybridized carbons (Fsp3) is 0.400. The molecule has 92 valence electrons. The van der Waals surface area contributed by atoms with Crippen LogP contribution in [0.25, 0.3) is 10.9 Å². The van der Waals surface area contributed by atoms with E-state index >= 15 is 0 Å². The molecule has 0 N–H and O–H groups in total. The third-order valence-electron chi connectivity index (χ3n) is 3.70. The lowest BCUT2D eigenvalue weighted by Gasteiger charge is -2.22. The summed E-state index contributed by atoms with van der Waals surface area (Å²) < 4.78 is 7.66. The van der Waals surface area contributed by atoms with E-state index in [0.29, 0.717) is 5.92 Å². The number of benzene rings is 1. The van der Waals surface area contributed by atoms with Crippen molar-refractivity contribution in [1.29, 1.82) is 5.26 Å². The van der Waals surface area contributed by atoms with E-state index in [-0.39, 0.29) is 0 Å². The molecule has 3 nitrogen and oxygen atoms in total. The van der Waals surface area contributed by atoms with Crippen LogP contribution in [0, 0.1) is 17.2 Å². The number of nitriles is 1. The maximum absolute atomic E-state index is 8.97. The van der Waals surface area contributed by atoms with Gasteiger partial charge in [-0.1, -0.05) is 6.07 Å². The molecular formula is C15H16N2O. The molecule has 1 aliphatic rings. The van der Waals surface area contributed by atoms with Crippen LogP contribution < -0.4 is 0 Å². The molecule has 18 heavy (non-hydrogen) atoms. The van der Waals surface area contributed by atoms with Crippen molar-refractivity contribution in [1.82, 2.24) is 4.57 Å². The van der Waals surface area contributed by atoms with Crippen molar-refractivity contribution >= 4 is 10.9 Å². The van der Waals surface area contributed by atoms with Gasteiger partial charge in [0.1, 0.15) is 0 Å². The third-order valence-corrected chi connectivity index (χ3v) is 3.70. The minimum atomic E-state index is 0.695. The number of ether oxygens (including phenoxy) is 1. The molecule has 1 aromatic carbocycles. The summed E-state index contributed by atoms with van der Waals surface area (Å²) in [6.45, 7) is 2.79. The predicted molar refractivity (Wildman–Crippen MR) is 70.2 cm³/mol. The number of hydrogen-bond donors (Lipinski definition) is 0. The summed E-state index contributed by atoms with van der Waals surface area (Å²) in [7, 11) is 0. The second-order valence-corrected chi connectivity index (χ2v) is 4.91. The average molecular weight is 240 g/mol. The van der Waals surface area contributed by atoms with E-state index < -0.39 is 0 Å². The van der Waals surface area contributed by atoms with Gasteiger partial charge in [0.2, 0.25) is 0 Å². The summed E-state index contributed by atoms with van der Waals surface area (Å²) >= 11 is 0. The molecule has 2 heterocycles. The van der Waals surface area contributed by atoms with Crippen LogP contribution in [0.15, 0.2) is 30.5 Å². The van der Waals surface area contributed by atoms with Crippen molar-refractivity contribution in [3.63, 3.8) is 0 Å². The molecule has 0 radical (unpaired) electrons. The highest BCUT2D eigenvalue weighted by Gasteiger charge is 2.15. The topological polar surface area (TPSA) is 38.0 Å². The lowest BCUT2D eigenvalue weighted by atomic mass is 10.0. The Bertz CT molecular complexity index is 588. The van der Waals surface area contributed by atoms with Crippen LogP contribution in [0.4, 0.5) is 0 Å². The molecule has 2 aromatic rings. The van der Waals surface area contributed by atoms with Crippen LogP contribution >= 0.6 is 0 Å². The monoisotopic (exact) mass is 240 g/mol. The van der Waals surface area contributed by atoms with E-state index in [1.165, 1.54) is 10.9 Å². The first-order chi connectivity index (χ1) is 8.86. The first kappa shape index (κ1) is 11.3. The van der Waals surface area contributed by atoms with Crippen molar-refractivity contribution < 1.29 is 4.74 Å². The second-order valence-electron chi connectivity index (χ2n) is 4.91. The molecule has 3 rings (SSSR count). The fourth-order valence-electron chi connectivity index (χ4n) is 2.62. The smallest absolute Gasteiger partial charge is 0.0992 e. The van der Waals surface area contributed by atoms with Gasteiger partial charge in [-0.3, -0.25) is 0 Å². The van der Waals surface area contributed by atoms with Crippen LogP contribution in [0.3, 0.4) is 0 Å². The maximum Gasteiger partial charge on any atom is 0.0992 e. The van der Waals surface area contributed by atoms with E-state index in [9.17, 15) is 0 Å². The van der Waals surface area contributed by atoms with Gasteiger partial charge in [-0.05, 0) is 42.3 Å². The molecule has 0 saturated carbocycles. The van der Waals surface area contributed by atoms with Gasteiger partial charge < -0.3 is 9.30 Å². The Kier molecular flexibility index (Phi) is 3.04. The lowest BCUT2D eigenvalue weighted by Crippen LogP contribution is -2.20. The molecule has 3 heteroatoms. The van der Waals surface area contributed by atoms with Gasteiger partial charge in [0.15, 0.2) is 0 Å². The Morgan fingerprint density at radius 1 is 1.28 bits per heavy atom. The highest BCUT2D eigenvalue weighted by Crippen LogP contribution is 2.22. The summed E-state index contributed by atoms with van der Waals surface area (Å²) in [6.07, 6.45) is 4.40. The molecule has 0 aliphatic carbocycles. The third kappa shape index (κ3) is 2.12. The first-order valence-corrected chi connectivity index (χ1v) is 6.43. The molecule has 0 unspecified atom stereocenters. The zero-order valence-electron chi connectivity index (χ0n) is 10.3. The molecule has 1 saturated heterocycles. The molecular weight excluding hydrogens is 224 g/mol. The summed E-state index contributed by atoms with van der Waals surface area (Å²) in [5.74, 6) is 0.695. The van der Waals surface area contributed by atoms with Gasteiger partial charge in [0, 0.05) is 31.5 Å². The number of fused-ring (bicyclic) bond motifs is 1. The lowest BCUT2D eigenvalue weighted by molar-refractivity contribution is 0.0616. The van der Waals surface area contributed by atoms with E-state index in [2.05, 4.69) is 22.9 Å². The van der Waals surface area contributed by atoms with E-state index in [1.807, 2.05) is 18.2 Å².